The Labute approximate surface area is 183 Å². The van der Waals surface area contributed by atoms with E-state index in [2.05, 4.69) is 79.7 Å². The van der Waals surface area contributed by atoms with Gasteiger partial charge in [0.25, 0.3) is 0 Å². The van der Waals surface area contributed by atoms with Crippen LogP contribution in [0.5, 0.6) is 0 Å². The molecule has 3 aromatic carbocycles. The van der Waals surface area contributed by atoms with Crippen molar-refractivity contribution < 1.29 is 4.42 Å². The Morgan fingerprint density at radius 1 is 0.800 bits per heavy atom. The van der Waals surface area contributed by atoms with E-state index in [4.69, 9.17) is 4.42 Å². The monoisotopic (exact) mass is 412 g/mol. The average Bonchev–Trinajstić information content (AvgIpc) is 3.18. The van der Waals surface area contributed by atoms with Crippen LogP contribution in [-0.2, 0) is 0 Å². The molecule has 0 bridgehead atoms. The number of fused-ring (bicyclic) bond motifs is 1. The van der Waals surface area contributed by atoms with Crippen molar-refractivity contribution in [3.8, 4) is 11.3 Å². The number of hydrogen-bond donors (Lipinski definition) is 0. The van der Waals surface area contributed by atoms with Gasteiger partial charge in [0.1, 0.15) is 11.3 Å². The van der Waals surface area contributed by atoms with Crippen LogP contribution in [0.2, 0.25) is 0 Å². The molecule has 0 amide bonds. The number of furan rings is 1. The minimum Gasteiger partial charge on any atom is -0.455 e. The van der Waals surface area contributed by atoms with E-state index in [1.165, 1.54) is 52.8 Å². The Morgan fingerprint density at radius 2 is 1.50 bits per heavy atom. The van der Waals surface area contributed by atoms with E-state index in [-0.39, 0.29) is 0 Å². The summed E-state index contributed by atoms with van der Waals surface area (Å²) in [4.78, 5) is 2.43. The van der Waals surface area contributed by atoms with Gasteiger partial charge in [0.05, 0.1) is 4.90 Å². The molecule has 1 aliphatic rings. The van der Waals surface area contributed by atoms with Gasteiger partial charge in [-0.2, -0.15) is 0 Å². The van der Waals surface area contributed by atoms with Crippen molar-refractivity contribution in [2.75, 3.05) is 0 Å². The molecule has 0 unspecified atom stereocenters. The quantitative estimate of drug-likeness (QED) is 0.324. The van der Waals surface area contributed by atoms with Crippen molar-refractivity contribution in [1.29, 1.82) is 0 Å². The lowest BCUT2D eigenvalue weighted by molar-refractivity contribution is 0.319. The van der Waals surface area contributed by atoms with Crippen molar-refractivity contribution >= 4 is 22.7 Å². The molecule has 1 fully saturated rings. The van der Waals surface area contributed by atoms with Crippen LogP contribution in [0.25, 0.3) is 22.3 Å². The van der Waals surface area contributed by atoms with E-state index >= 15 is 0 Å². The highest BCUT2D eigenvalue weighted by Crippen LogP contribution is 2.44. The number of benzene rings is 3. The second-order valence-corrected chi connectivity index (χ2v) is 9.50. The summed E-state index contributed by atoms with van der Waals surface area (Å²) in [6, 6.07) is 28.1. The van der Waals surface area contributed by atoms with Crippen LogP contribution in [0, 0.1) is 5.92 Å². The van der Waals surface area contributed by atoms with Gasteiger partial charge in [-0.25, -0.2) is 0 Å². The van der Waals surface area contributed by atoms with E-state index in [0.29, 0.717) is 0 Å². The highest BCUT2D eigenvalue weighted by molar-refractivity contribution is 7.99. The van der Waals surface area contributed by atoms with E-state index in [1.54, 1.807) is 11.8 Å². The molecule has 0 atom stereocenters. The minimum atomic E-state index is 0.718. The predicted octanol–water partition coefficient (Wildman–Crippen LogP) is 8.93. The normalized spacial score (nSPS) is 19.2. The smallest absolute Gasteiger partial charge is 0.149 e. The summed E-state index contributed by atoms with van der Waals surface area (Å²) in [6.07, 6.45) is 6.75. The molecule has 4 aromatic rings. The molecule has 1 heterocycles. The molecule has 0 N–H and O–H groups in total. The molecule has 0 radical (unpaired) electrons. The SMILES string of the molecule is CCC1CCC(c2ccc(-c3oc4ccccc4c3Sc3ccccc3)cc2)CC1. The number of para-hydroxylation sites is 1. The lowest BCUT2D eigenvalue weighted by atomic mass is 9.78. The molecule has 1 aliphatic carbocycles. The van der Waals surface area contributed by atoms with Crippen molar-refractivity contribution in [3.63, 3.8) is 0 Å². The van der Waals surface area contributed by atoms with Crippen molar-refractivity contribution in [2.24, 2.45) is 5.92 Å². The molecule has 30 heavy (non-hydrogen) atoms. The lowest BCUT2D eigenvalue weighted by Gasteiger charge is -2.28. The molecule has 1 saturated carbocycles. The molecule has 5 rings (SSSR count). The van der Waals surface area contributed by atoms with Gasteiger partial charge in [0, 0.05) is 15.8 Å². The molecule has 152 valence electrons. The molecule has 0 spiro atoms. The molecular formula is C28H28OS. The Hall–Kier alpha value is -2.45. The number of rotatable bonds is 5. The molecule has 0 aliphatic heterocycles. The van der Waals surface area contributed by atoms with Gasteiger partial charge in [0.2, 0.25) is 0 Å². The summed E-state index contributed by atoms with van der Waals surface area (Å²) in [5, 5.41) is 1.18. The average molecular weight is 413 g/mol. The van der Waals surface area contributed by atoms with Gasteiger partial charge < -0.3 is 4.42 Å². The van der Waals surface area contributed by atoms with Gasteiger partial charge in [-0.05, 0) is 67.3 Å². The molecule has 1 nitrogen and oxygen atoms in total. The van der Waals surface area contributed by atoms with Crippen LogP contribution in [-0.4, -0.2) is 0 Å². The molecule has 0 saturated heterocycles. The van der Waals surface area contributed by atoms with E-state index in [9.17, 15) is 0 Å². The van der Waals surface area contributed by atoms with Crippen LogP contribution in [0.1, 0.15) is 50.5 Å². The van der Waals surface area contributed by atoms with E-state index in [0.717, 1.165) is 28.7 Å². The zero-order chi connectivity index (χ0) is 20.3. The fraction of sp³-hybridized carbons (Fsp3) is 0.286. The Balaban J connectivity index is 1.46. The van der Waals surface area contributed by atoms with Crippen molar-refractivity contribution in [2.45, 2.75) is 54.7 Å². The largest absolute Gasteiger partial charge is 0.455 e. The zero-order valence-electron chi connectivity index (χ0n) is 17.5. The predicted molar refractivity (Wildman–Crippen MR) is 127 cm³/mol. The zero-order valence-corrected chi connectivity index (χ0v) is 18.3. The Morgan fingerprint density at radius 3 is 2.23 bits per heavy atom. The van der Waals surface area contributed by atoms with Crippen molar-refractivity contribution in [1.82, 2.24) is 0 Å². The first-order valence-corrected chi connectivity index (χ1v) is 12.0. The van der Waals surface area contributed by atoms with Crippen LogP contribution in [0.3, 0.4) is 0 Å². The van der Waals surface area contributed by atoms with Crippen LogP contribution in [0.4, 0.5) is 0 Å². The molecule has 1 aromatic heterocycles. The third-order valence-corrected chi connectivity index (χ3v) is 7.70. The fourth-order valence-electron chi connectivity index (χ4n) is 4.73. The fourth-order valence-corrected chi connectivity index (χ4v) is 5.79. The Bertz CT molecular complexity index is 1100. The topological polar surface area (TPSA) is 13.1 Å². The maximum atomic E-state index is 6.35. The van der Waals surface area contributed by atoms with Gasteiger partial charge in [-0.15, -0.1) is 0 Å². The summed E-state index contributed by atoms with van der Waals surface area (Å²) >= 11 is 1.79. The maximum Gasteiger partial charge on any atom is 0.149 e. The van der Waals surface area contributed by atoms with Crippen molar-refractivity contribution in [3.05, 3.63) is 84.4 Å². The first-order chi connectivity index (χ1) is 14.8. The highest BCUT2D eigenvalue weighted by Gasteiger charge is 2.22. The van der Waals surface area contributed by atoms with Gasteiger partial charge in [0.15, 0.2) is 0 Å². The standard InChI is InChI=1S/C28H28OS/c1-2-20-12-14-21(15-13-20)22-16-18-23(19-17-22)27-28(30-24-8-4-3-5-9-24)25-10-6-7-11-26(25)29-27/h3-11,16-21H,2,12-15H2,1H3. The number of hydrogen-bond acceptors (Lipinski definition) is 2. The first kappa shape index (κ1) is 19.5. The molecule has 2 heteroatoms. The van der Waals surface area contributed by atoms with Crippen LogP contribution in [0.15, 0.2) is 93.1 Å². The lowest BCUT2D eigenvalue weighted by Crippen LogP contribution is -2.12. The third-order valence-electron chi connectivity index (χ3n) is 6.58. The van der Waals surface area contributed by atoms with Gasteiger partial charge in [-0.1, -0.05) is 79.7 Å². The minimum absolute atomic E-state index is 0.718. The summed E-state index contributed by atoms with van der Waals surface area (Å²) in [7, 11) is 0. The summed E-state index contributed by atoms with van der Waals surface area (Å²) in [5.74, 6) is 2.63. The molecular weight excluding hydrogens is 384 g/mol. The second kappa shape index (κ2) is 8.73. The van der Waals surface area contributed by atoms with Crippen LogP contribution >= 0.6 is 11.8 Å². The summed E-state index contributed by atoms with van der Waals surface area (Å²) < 4.78 is 6.35. The second-order valence-electron chi connectivity index (χ2n) is 8.42. The maximum absolute atomic E-state index is 6.35. The van der Waals surface area contributed by atoms with Crippen LogP contribution < -0.4 is 0 Å². The third kappa shape index (κ3) is 3.94. The van der Waals surface area contributed by atoms with Gasteiger partial charge in [-0.3, -0.25) is 0 Å². The van der Waals surface area contributed by atoms with Gasteiger partial charge >= 0.3 is 0 Å². The summed E-state index contributed by atoms with van der Waals surface area (Å²) in [5.41, 5.74) is 3.60. The Kier molecular flexibility index (Phi) is 5.68. The summed E-state index contributed by atoms with van der Waals surface area (Å²) in [6.45, 7) is 2.33. The first-order valence-electron chi connectivity index (χ1n) is 11.2. The van der Waals surface area contributed by atoms with E-state index < -0.39 is 0 Å². The van der Waals surface area contributed by atoms with E-state index in [1.807, 2.05) is 6.07 Å². The highest BCUT2D eigenvalue weighted by atomic mass is 32.2.